The van der Waals surface area contributed by atoms with Crippen LogP contribution in [0.5, 0.6) is 5.75 Å². The van der Waals surface area contributed by atoms with Crippen LogP contribution in [0, 0.1) is 0 Å². The van der Waals surface area contributed by atoms with Crippen LogP contribution in [-0.4, -0.2) is 70.8 Å². The van der Waals surface area contributed by atoms with Gasteiger partial charge in [-0.3, -0.25) is 4.90 Å². The van der Waals surface area contributed by atoms with Crippen LogP contribution >= 0.6 is 0 Å². The molecule has 0 atom stereocenters. The fourth-order valence-electron chi connectivity index (χ4n) is 5.46. The van der Waals surface area contributed by atoms with Crippen molar-refractivity contribution < 1.29 is 18.9 Å². The second-order valence-corrected chi connectivity index (χ2v) is 10.3. The van der Waals surface area contributed by atoms with Gasteiger partial charge < -0.3 is 18.9 Å². The molecule has 5 heteroatoms. The minimum absolute atomic E-state index is 0.515. The molecule has 0 radical (unpaired) electrons. The number of benzene rings is 5. The molecule has 0 saturated carbocycles. The van der Waals surface area contributed by atoms with Crippen molar-refractivity contribution >= 4 is 21.5 Å². The molecule has 1 saturated heterocycles. The van der Waals surface area contributed by atoms with Gasteiger partial charge in [-0.1, -0.05) is 84.9 Å². The number of fused-ring (bicyclic) bond motifs is 2. The SMILES string of the molecule is c1ccc2c(-c3ccc(-c4ccc(OCCOCCOCCN5CCOCC5)cc4)cc3)c3ccccc3cc2c1. The van der Waals surface area contributed by atoms with E-state index >= 15 is 0 Å². The predicted octanol–water partition coefficient (Wildman–Crippen LogP) is 7.07. The fourth-order valence-corrected chi connectivity index (χ4v) is 5.46. The van der Waals surface area contributed by atoms with Crippen LogP contribution in [0.25, 0.3) is 43.8 Å². The summed E-state index contributed by atoms with van der Waals surface area (Å²) in [6.45, 7) is 7.56. The first-order valence-corrected chi connectivity index (χ1v) is 14.5. The second kappa shape index (κ2) is 13.7. The van der Waals surface area contributed by atoms with Crippen LogP contribution in [0.15, 0.2) is 103 Å². The van der Waals surface area contributed by atoms with Gasteiger partial charge in [-0.05, 0) is 62.0 Å². The average molecular weight is 548 g/mol. The molecule has 0 unspecified atom stereocenters. The summed E-state index contributed by atoms with van der Waals surface area (Å²) < 4.78 is 22.6. The first kappa shape index (κ1) is 27.4. The normalized spacial score (nSPS) is 14.0. The third kappa shape index (κ3) is 6.95. The smallest absolute Gasteiger partial charge is 0.119 e. The summed E-state index contributed by atoms with van der Waals surface area (Å²) in [5, 5.41) is 5.08. The number of ether oxygens (including phenoxy) is 4. The summed E-state index contributed by atoms with van der Waals surface area (Å²) in [5.41, 5.74) is 4.86. The van der Waals surface area contributed by atoms with Gasteiger partial charge in [-0.15, -0.1) is 0 Å². The second-order valence-electron chi connectivity index (χ2n) is 10.3. The van der Waals surface area contributed by atoms with Gasteiger partial charge in [0.1, 0.15) is 12.4 Å². The van der Waals surface area contributed by atoms with E-state index in [1.54, 1.807) is 0 Å². The summed E-state index contributed by atoms with van der Waals surface area (Å²) in [7, 11) is 0. The summed E-state index contributed by atoms with van der Waals surface area (Å²) in [6, 6.07) is 36.7. The highest BCUT2D eigenvalue weighted by Crippen LogP contribution is 2.37. The third-order valence-electron chi connectivity index (χ3n) is 7.66. The number of nitrogens with zero attached hydrogens (tertiary/aromatic N) is 1. The molecule has 1 heterocycles. The van der Waals surface area contributed by atoms with Crippen molar-refractivity contribution in [1.82, 2.24) is 4.90 Å². The largest absolute Gasteiger partial charge is 0.491 e. The molecule has 1 aliphatic heterocycles. The Hall–Kier alpha value is -3.74. The molecule has 6 rings (SSSR count). The number of hydrogen-bond acceptors (Lipinski definition) is 5. The molecule has 1 aliphatic rings. The molecule has 0 bridgehead atoms. The average Bonchev–Trinajstić information content (AvgIpc) is 3.04. The number of morpholine rings is 1. The standard InChI is InChI=1S/C36H37NO4/c1-3-7-34-31(5-1)27-32-6-2-4-8-35(32)36(34)30-11-9-28(10-12-30)29-13-15-33(16-14-29)41-26-25-40-24-23-39-22-19-37-17-20-38-21-18-37/h1-16,27H,17-26H2. The Morgan fingerprint density at radius 2 is 1.10 bits per heavy atom. The van der Waals surface area contributed by atoms with Gasteiger partial charge in [-0.2, -0.15) is 0 Å². The van der Waals surface area contributed by atoms with Gasteiger partial charge in [0.25, 0.3) is 0 Å². The zero-order valence-electron chi connectivity index (χ0n) is 23.5. The molecule has 41 heavy (non-hydrogen) atoms. The van der Waals surface area contributed by atoms with Crippen molar-refractivity contribution in [2.24, 2.45) is 0 Å². The molecule has 210 valence electrons. The van der Waals surface area contributed by atoms with Crippen molar-refractivity contribution in [1.29, 1.82) is 0 Å². The van der Waals surface area contributed by atoms with E-state index in [1.807, 2.05) is 12.1 Å². The van der Waals surface area contributed by atoms with E-state index in [0.29, 0.717) is 26.4 Å². The van der Waals surface area contributed by atoms with Crippen molar-refractivity contribution in [3.8, 4) is 28.0 Å². The fraction of sp³-hybridized carbons (Fsp3) is 0.278. The van der Waals surface area contributed by atoms with E-state index in [-0.39, 0.29) is 0 Å². The molecule has 0 spiro atoms. The molecule has 1 fully saturated rings. The highest BCUT2D eigenvalue weighted by Gasteiger charge is 2.11. The van der Waals surface area contributed by atoms with Crippen LogP contribution in [0.4, 0.5) is 0 Å². The lowest BCUT2D eigenvalue weighted by Crippen LogP contribution is -2.38. The Bertz CT molecular complexity index is 1490. The van der Waals surface area contributed by atoms with E-state index in [0.717, 1.165) is 50.8 Å². The van der Waals surface area contributed by atoms with Gasteiger partial charge in [-0.25, -0.2) is 0 Å². The Kier molecular flexibility index (Phi) is 9.20. The molecular formula is C36H37NO4. The minimum Gasteiger partial charge on any atom is -0.491 e. The first-order valence-electron chi connectivity index (χ1n) is 14.5. The van der Waals surface area contributed by atoms with E-state index in [1.165, 1.54) is 38.2 Å². The van der Waals surface area contributed by atoms with Crippen LogP contribution in [0.1, 0.15) is 0 Å². The highest BCUT2D eigenvalue weighted by molar-refractivity contribution is 6.12. The maximum atomic E-state index is 5.88. The zero-order valence-corrected chi connectivity index (χ0v) is 23.5. The molecular weight excluding hydrogens is 510 g/mol. The van der Waals surface area contributed by atoms with Gasteiger partial charge in [0.05, 0.1) is 39.6 Å². The van der Waals surface area contributed by atoms with Crippen molar-refractivity contribution in [2.45, 2.75) is 0 Å². The Morgan fingerprint density at radius 1 is 0.561 bits per heavy atom. The van der Waals surface area contributed by atoms with Crippen LogP contribution in [0.2, 0.25) is 0 Å². The highest BCUT2D eigenvalue weighted by atomic mass is 16.5. The maximum absolute atomic E-state index is 5.88. The van der Waals surface area contributed by atoms with Gasteiger partial charge >= 0.3 is 0 Å². The van der Waals surface area contributed by atoms with Gasteiger partial charge in [0.15, 0.2) is 0 Å². The van der Waals surface area contributed by atoms with E-state index < -0.39 is 0 Å². The lowest BCUT2D eigenvalue weighted by atomic mass is 9.91. The Labute approximate surface area is 242 Å². The zero-order chi connectivity index (χ0) is 27.7. The van der Waals surface area contributed by atoms with Crippen LogP contribution in [-0.2, 0) is 14.2 Å². The van der Waals surface area contributed by atoms with Gasteiger partial charge in [0.2, 0.25) is 0 Å². The lowest BCUT2D eigenvalue weighted by molar-refractivity contribution is 0.00520. The Morgan fingerprint density at radius 3 is 1.76 bits per heavy atom. The van der Waals surface area contributed by atoms with Gasteiger partial charge in [0, 0.05) is 19.6 Å². The summed E-state index contributed by atoms with van der Waals surface area (Å²) in [6.07, 6.45) is 0. The monoisotopic (exact) mass is 547 g/mol. The molecule has 0 amide bonds. The number of hydrogen-bond donors (Lipinski definition) is 0. The van der Waals surface area contributed by atoms with Crippen molar-refractivity contribution in [3.63, 3.8) is 0 Å². The van der Waals surface area contributed by atoms with E-state index in [4.69, 9.17) is 18.9 Å². The maximum Gasteiger partial charge on any atom is 0.119 e. The van der Waals surface area contributed by atoms with Crippen LogP contribution < -0.4 is 4.74 Å². The van der Waals surface area contributed by atoms with E-state index in [9.17, 15) is 0 Å². The van der Waals surface area contributed by atoms with Crippen molar-refractivity contribution in [3.05, 3.63) is 103 Å². The number of rotatable bonds is 12. The molecule has 5 aromatic carbocycles. The molecule has 0 N–H and O–H groups in total. The summed E-state index contributed by atoms with van der Waals surface area (Å²) in [5.74, 6) is 0.845. The quantitative estimate of drug-likeness (QED) is 0.123. The third-order valence-corrected chi connectivity index (χ3v) is 7.66. The molecule has 5 aromatic rings. The van der Waals surface area contributed by atoms with Crippen LogP contribution in [0.3, 0.4) is 0 Å². The molecule has 0 aromatic heterocycles. The summed E-state index contributed by atoms with van der Waals surface area (Å²) in [4.78, 5) is 2.37. The molecule has 0 aliphatic carbocycles. The summed E-state index contributed by atoms with van der Waals surface area (Å²) >= 11 is 0. The van der Waals surface area contributed by atoms with E-state index in [2.05, 4.69) is 95.9 Å². The van der Waals surface area contributed by atoms with Crippen molar-refractivity contribution in [2.75, 3.05) is 65.9 Å². The molecule has 5 nitrogen and oxygen atoms in total. The predicted molar refractivity (Wildman–Crippen MR) is 167 cm³/mol. The topological polar surface area (TPSA) is 40.2 Å². The lowest BCUT2D eigenvalue weighted by Gasteiger charge is -2.26. The minimum atomic E-state index is 0.515. The first-order chi connectivity index (χ1) is 20.3. The Balaban J connectivity index is 0.992.